The van der Waals surface area contributed by atoms with Gasteiger partial charge in [-0.05, 0) is 56.3 Å². The molecule has 0 aliphatic rings. The van der Waals surface area contributed by atoms with Crippen molar-refractivity contribution in [2.24, 2.45) is 0 Å². The maximum Gasteiger partial charge on any atom is 0.262 e. The summed E-state index contributed by atoms with van der Waals surface area (Å²) in [5.74, 6) is 0.0262. The first-order valence-electron chi connectivity index (χ1n) is 5.91. The zero-order valence-electron chi connectivity index (χ0n) is 11.0. The van der Waals surface area contributed by atoms with Gasteiger partial charge in [0.15, 0.2) is 0 Å². The van der Waals surface area contributed by atoms with E-state index in [9.17, 15) is 4.79 Å². The molecule has 1 atom stereocenters. The second kappa shape index (κ2) is 5.24. The van der Waals surface area contributed by atoms with Crippen molar-refractivity contribution in [1.82, 2.24) is 5.32 Å². The van der Waals surface area contributed by atoms with Gasteiger partial charge >= 0.3 is 0 Å². The molecule has 0 bridgehead atoms. The molecular formula is C14H17NOS2. The smallest absolute Gasteiger partial charge is 0.262 e. The Morgan fingerprint density at radius 3 is 2.56 bits per heavy atom. The third kappa shape index (κ3) is 2.65. The number of carbonyl (C=O) groups excluding carboxylic acids is 1. The van der Waals surface area contributed by atoms with Gasteiger partial charge in [0.05, 0.1) is 10.9 Å². The molecular weight excluding hydrogens is 262 g/mol. The van der Waals surface area contributed by atoms with E-state index in [0.29, 0.717) is 0 Å². The summed E-state index contributed by atoms with van der Waals surface area (Å²) >= 11 is 3.27. The molecule has 2 nitrogen and oxygen atoms in total. The minimum absolute atomic E-state index is 0.0262. The van der Waals surface area contributed by atoms with Crippen molar-refractivity contribution in [2.75, 3.05) is 0 Å². The van der Waals surface area contributed by atoms with Crippen LogP contribution < -0.4 is 5.32 Å². The van der Waals surface area contributed by atoms with E-state index < -0.39 is 0 Å². The molecule has 18 heavy (non-hydrogen) atoms. The number of rotatable bonds is 3. The molecule has 0 aromatic carbocycles. The molecule has 1 amide bonds. The van der Waals surface area contributed by atoms with Gasteiger partial charge in [-0.1, -0.05) is 0 Å². The average molecular weight is 279 g/mol. The zero-order chi connectivity index (χ0) is 13.3. The van der Waals surface area contributed by atoms with Gasteiger partial charge in [-0.15, -0.1) is 22.7 Å². The van der Waals surface area contributed by atoms with Crippen molar-refractivity contribution in [3.05, 3.63) is 43.3 Å². The summed E-state index contributed by atoms with van der Waals surface area (Å²) in [4.78, 5) is 15.5. The summed E-state index contributed by atoms with van der Waals surface area (Å²) in [5, 5.41) is 5.02. The average Bonchev–Trinajstić information content (AvgIpc) is 2.84. The van der Waals surface area contributed by atoms with Crippen LogP contribution in [0.25, 0.3) is 0 Å². The van der Waals surface area contributed by atoms with Crippen LogP contribution in [-0.2, 0) is 0 Å². The summed E-state index contributed by atoms with van der Waals surface area (Å²) in [6.07, 6.45) is 0. The molecule has 0 aliphatic heterocycles. The SMILES string of the molecule is Cc1cc(C(C)NC(=O)c2sccc2C)c(C)s1. The van der Waals surface area contributed by atoms with Crippen LogP contribution in [0.4, 0.5) is 0 Å². The van der Waals surface area contributed by atoms with Gasteiger partial charge in [-0.2, -0.15) is 0 Å². The van der Waals surface area contributed by atoms with Gasteiger partial charge in [0.1, 0.15) is 0 Å². The van der Waals surface area contributed by atoms with Crippen LogP contribution in [0.15, 0.2) is 17.5 Å². The highest BCUT2D eigenvalue weighted by atomic mass is 32.1. The predicted molar refractivity (Wildman–Crippen MR) is 78.7 cm³/mol. The summed E-state index contributed by atoms with van der Waals surface area (Å²) < 4.78 is 0. The van der Waals surface area contributed by atoms with E-state index in [1.165, 1.54) is 26.7 Å². The fourth-order valence-electron chi connectivity index (χ4n) is 2.03. The van der Waals surface area contributed by atoms with Crippen LogP contribution in [0.2, 0.25) is 0 Å². The van der Waals surface area contributed by atoms with Gasteiger partial charge in [-0.3, -0.25) is 4.79 Å². The third-order valence-corrected chi connectivity index (χ3v) is 4.96. The summed E-state index contributed by atoms with van der Waals surface area (Å²) in [7, 11) is 0. The lowest BCUT2D eigenvalue weighted by atomic mass is 10.1. The van der Waals surface area contributed by atoms with Gasteiger partial charge in [-0.25, -0.2) is 0 Å². The molecule has 96 valence electrons. The van der Waals surface area contributed by atoms with Crippen molar-refractivity contribution in [3.63, 3.8) is 0 Å². The summed E-state index contributed by atoms with van der Waals surface area (Å²) in [5.41, 5.74) is 2.27. The van der Waals surface area contributed by atoms with Crippen molar-refractivity contribution >= 4 is 28.6 Å². The van der Waals surface area contributed by atoms with E-state index in [-0.39, 0.29) is 11.9 Å². The Labute approximate surface area is 116 Å². The largest absolute Gasteiger partial charge is 0.345 e. The lowest BCUT2D eigenvalue weighted by Gasteiger charge is -2.13. The molecule has 0 radical (unpaired) electrons. The Balaban J connectivity index is 2.13. The molecule has 0 spiro atoms. The highest BCUT2D eigenvalue weighted by Gasteiger charge is 2.16. The predicted octanol–water partition coefficient (Wildman–Crippen LogP) is 4.23. The number of hydrogen-bond acceptors (Lipinski definition) is 3. The first-order valence-corrected chi connectivity index (χ1v) is 7.60. The highest BCUT2D eigenvalue weighted by molar-refractivity contribution is 7.12. The summed E-state index contributed by atoms with van der Waals surface area (Å²) in [6.45, 7) is 8.20. The van der Waals surface area contributed by atoms with Crippen LogP contribution in [0.3, 0.4) is 0 Å². The second-order valence-corrected chi connectivity index (χ2v) is 6.87. The number of carbonyl (C=O) groups is 1. The fraction of sp³-hybridized carbons (Fsp3) is 0.357. The van der Waals surface area contributed by atoms with Crippen LogP contribution in [0.1, 0.15) is 43.5 Å². The topological polar surface area (TPSA) is 29.1 Å². The maximum absolute atomic E-state index is 12.1. The van der Waals surface area contributed by atoms with Crippen molar-refractivity contribution in [1.29, 1.82) is 0 Å². The fourth-order valence-corrected chi connectivity index (χ4v) is 3.88. The molecule has 4 heteroatoms. The molecule has 0 saturated carbocycles. The number of thiophene rings is 2. The molecule has 2 aromatic rings. The zero-order valence-corrected chi connectivity index (χ0v) is 12.7. The number of hydrogen-bond donors (Lipinski definition) is 1. The van der Waals surface area contributed by atoms with Crippen LogP contribution >= 0.6 is 22.7 Å². The molecule has 1 unspecified atom stereocenters. The van der Waals surface area contributed by atoms with E-state index in [4.69, 9.17) is 0 Å². The lowest BCUT2D eigenvalue weighted by molar-refractivity contribution is 0.0943. The van der Waals surface area contributed by atoms with Crippen LogP contribution in [0, 0.1) is 20.8 Å². The Bertz CT molecular complexity index is 568. The normalized spacial score (nSPS) is 12.4. The van der Waals surface area contributed by atoms with Crippen molar-refractivity contribution < 1.29 is 4.79 Å². The van der Waals surface area contributed by atoms with Gasteiger partial charge < -0.3 is 5.32 Å². The van der Waals surface area contributed by atoms with E-state index in [1.54, 1.807) is 11.3 Å². The molecule has 1 N–H and O–H groups in total. The van der Waals surface area contributed by atoms with E-state index in [0.717, 1.165) is 10.4 Å². The maximum atomic E-state index is 12.1. The van der Waals surface area contributed by atoms with Gasteiger partial charge in [0.25, 0.3) is 5.91 Å². The Morgan fingerprint density at radius 1 is 1.33 bits per heavy atom. The van der Waals surface area contributed by atoms with Gasteiger partial charge in [0.2, 0.25) is 0 Å². The molecule has 2 heterocycles. The van der Waals surface area contributed by atoms with Crippen LogP contribution in [-0.4, -0.2) is 5.91 Å². The molecule has 2 rings (SSSR count). The standard InChI is InChI=1S/C14H17NOS2/c1-8-5-6-17-13(8)14(16)15-10(3)12-7-9(2)18-11(12)4/h5-7,10H,1-4H3,(H,15,16). The first-order chi connectivity index (χ1) is 8.49. The molecule has 2 aromatic heterocycles. The Morgan fingerprint density at radius 2 is 2.06 bits per heavy atom. The van der Waals surface area contributed by atoms with Crippen LogP contribution in [0.5, 0.6) is 0 Å². The number of nitrogens with one attached hydrogen (secondary N) is 1. The van der Waals surface area contributed by atoms with E-state index >= 15 is 0 Å². The Kier molecular flexibility index (Phi) is 3.88. The lowest BCUT2D eigenvalue weighted by Crippen LogP contribution is -2.26. The third-order valence-electron chi connectivity index (χ3n) is 2.96. The minimum Gasteiger partial charge on any atom is -0.345 e. The second-order valence-electron chi connectivity index (χ2n) is 4.50. The highest BCUT2D eigenvalue weighted by Crippen LogP contribution is 2.26. The molecule has 0 saturated heterocycles. The quantitative estimate of drug-likeness (QED) is 0.895. The summed E-state index contributed by atoms with van der Waals surface area (Å²) in [6, 6.07) is 4.19. The van der Waals surface area contributed by atoms with E-state index in [2.05, 4.69) is 25.2 Å². The molecule has 0 fully saturated rings. The number of amides is 1. The van der Waals surface area contributed by atoms with Crippen molar-refractivity contribution in [2.45, 2.75) is 33.7 Å². The minimum atomic E-state index is 0.0262. The van der Waals surface area contributed by atoms with E-state index in [1.807, 2.05) is 25.3 Å². The number of aryl methyl sites for hydroxylation is 3. The Hall–Kier alpha value is -1.13. The monoisotopic (exact) mass is 279 g/mol. The molecule has 0 aliphatic carbocycles. The van der Waals surface area contributed by atoms with Gasteiger partial charge in [0, 0.05) is 9.75 Å². The first kappa shape index (κ1) is 13.3. The van der Waals surface area contributed by atoms with Crippen molar-refractivity contribution in [3.8, 4) is 0 Å².